The number of aromatic nitrogens is 2. The first-order valence-electron chi connectivity index (χ1n) is 27.5. The molecule has 9 aromatic carbocycles. The van der Waals surface area contributed by atoms with Gasteiger partial charge >= 0.3 is 0 Å². The summed E-state index contributed by atoms with van der Waals surface area (Å²) in [4.78, 5) is 9.98. The molecule has 0 aliphatic heterocycles. The van der Waals surface area contributed by atoms with Crippen LogP contribution in [0, 0.1) is 0 Å². The summed E-state index contributed by atoms with van der Waals surface area (Å²) in [7, 11) is 0. The minimum absolute atomic E-state index is 0.00155. The van der Waals surface area contributed by atoms with Gasteiger partial charge in [0.25, 0.3) is 0 Å². The summed E-state index contributed by atoms with van der Waals surface area (Å²) in [6, 6.07) is 76.0. The Morgan fingerprint density at radius 3 is 0.889 bits per heavy atom. The predicted molar refractivity (Wildman–Crippen MR) is 360 cm³/mol. The summed E-state index contributed by atoms with van der Waals surface area (Å²) in [6.45, 7) is 13.9. The van der Waals surface area contributed by atoms with Crippen molar-refractivity contribution in [1.82, 2.24) is 8.75 Å². The first-order chi connectivity index (χ1) is 39.4. The van der Waals surface area contributed by atoms with Crippen LogP contribution >= 0.6 is 57.1 Å². The van der Waals surface area contributed by atoms with Gasteiger partial charge in [-0.15, -0.1) is 45.3 Å². The molecule has 0 N–H and O–H groups in total. The van der Waals surface area contributed by atoms with Crippen molar-refractivity contribution >= 4 is 136 Å². The fourth-order valence-electron chi connectivity index (χ4n) is 11.4. The lowest BCUT2D eigenvalue weighted by Gasteiger charge is -2.15. The second kappa shape index (κ2) is 20.6. The average Bonchev–Trinajstić information content (AvgIpc) is 4.57. The van der Waals surface area contributed by atoms with Crippen LogP contribution in [0.3, 0.4) is 0 Å². The van der Waals surface area contributed by atoms with Gasteiger partial charge in [-0.1, -0.05) is 224 Å². The molecule has 0 saturated carbocycles. The summed E-state index contributed by atoms with van der Waals surface area (Å²) < 4.78 is 10.3. The molecule has 81 heavy (non-hydrogen) atoms. The zero-order valence-electron chi connectivity index (χ0n) is 45.9. The van der Waals surface area contributed by atoms with Crippen molar-refractivity contribution in [3.8, 4) is 65.4 Å². The molecule has 0 unspecified atom stereocenters. The molecule has 7 heteroatoms. The Kier molecular flexibility index (Phi) is 13.0. The smallest absolute Gasteiger partial charge is 0.114 e. The van der Waals surface area contributed by atoms with Crippen LogP contribution in [0.4, 0.5) is 0 Å². The molecule has 392 valence electrons. The molecular weight excluding hydrogens is 1080 g/mol. The van der Waals surface area contributed by atoms with E-state index in [0.29, 0.717) is 0 Å². The fraction of sp³-hybridized carbons (Fsp3) is 0.108. The van der Waals surface area contributed by atoms with Gasteiger partial charge in [0.2, 0.25) is 0 Å². The van der Waals surface area contributed by atoms with Crippen LogP contribution in [0.2, 0.25) is 0 Å². The van der Waals surface area contributed by atoms with Crippen molar-refractivity contribution in [2.45, 2.75) is 52.4 Å². The number of thiophene rings is 4. The van der Waals surface area contributed by atoms with Gasteiger partial charge in [-0.25, -0.2) is 0 Å². The normalized spacial score (nSPS) is 12.5. The third kappa shape index (κ3) is 9.51. The van der Waals surface area contributed by atoms with Crippen LogP contribution in [0.5, 0.6) is 0 Å². The molecule has 2 nitrogen and oxygen atoms in total. The summed E-state index contributed by atoms with van der Waals surface area (Å²) >= 11 is 8.77. The highest BCUT2D eigenvalue weighted by Gasteiger charge is 2.25. The van der Waals surface area contributed by atoms with Crippen LogP contribution < -0.4 is 0 Å². The molecule has 0 saturated heterocycles. The molecule has 0 aliphatic carbocycles. The molecule has 0 spiro atoms. The molecule has 5 heterocycles. The Morgan fingerprint density at radius 1 is 0.284 bits per heavy atom. The molecule has 0 radical (unpaired) electrons. The Balaban J connectivity index is 0.904. The second-order valence-corrected chi connectivity index (χ2v) is 27.8. The molecule has 0 aliphatic rings. The number of hydrogen-bond acceptors (Lipinski definition) is 7. The van der Waals surface area contributed by atoms with Gasteiger partial charge in [-0.2, -0.15) is 8.75 Å². The van der Waals surface area contributed by atoms with Crippen molar-refractivity contribution in [3.63, 3.8) is 0 Å². The maximum Gasteiger partial charge on any atom is 0.114 e. The summed E-state index contributed by atoms with van der Waals surface area (Å²) in [6.07, 6.45) is 9.47. The third-order valence-corrected chi connectivity index (χ3v) is 21.4. The second-order valence-electron chi connectivity index (χ2n) is 22.9. The Hall–Kier alpha value is -7.88. The number of fused-ring (bicyclic) bond motifs is 5. The van der Waals surface area contributed by atoms with E-state index in [1.807, 2.05) is 45.3 Å². The van der Waals surface area contributed by atoms with Gasteiger partial charge in [0, 0.05) is 72.4 Å². The minimum Gasteiger partial charge on any atom is -0.172 e. The molecule has 5 aromatic heterocycles. The van der Waals surface area contributed by atoms with Crippen LogP contribution in [0.25, 0.3) is 144 Å². The lowest BCUT2D eigenvalue weighted by molar-refractivity contribution is 0.604. The number of nitrogens with zero attached hydrogens (tertiary/aromatic N) is 2. The Morgan fingerprint density at radius 2 is 0.568 bits per heavy atom. The summed E-state index contributed by atoms with van der Waals surface area (Å²) in [5.41, 5.74) is 14.0. The maximum absolute atomic E-state index is 5.13. The molecule has 0 fully saturated rings. The number of benzene rings is 9. The molecule has 0 amide bonds. The zero-order valence-corrected chi connectivity index (χ0v) is 50.0. The van der Waals surface area contributed by atoms with E-state index in [4.69, 9.17) is 8.75 Å². The molecule has 14 rings (SSSR count). The summed E-state index contributed by atoms with van der Waals surface area (Å²) in [5, 5.41) is 9.96. The Labute approximate surface area is 493 Å². The van der Waals surface area contributed by atoms with Gasteiger partial charge < -0.3 is 0 Å². The highest BCUT2D eigenvalue weighted by Crippen LogP contribution is 2.49. The van der Waals surface area contributed by atoms with E-state index >= 15 is 0 Å². The standard InChI is InChI=1S/C74H56N2S5/c1-73(2,3)69-43-61(55-33-17-25-47-21-9-13-29-51(47)55)65(79-69)39-37-63-59(53-31-15-23-45-19-7-11-27-49(45)53)41-67(77-63)57-35-36-58(72-71(57)75-81-76-72)68-42-60(54-32-16-24-46-20-8-12-28-50(46)54)64(78-68)38-40-66-62(44-70(80-66)74(4,5)6)56-34-18-26-48-22-10-14-30-52(48)56/h7-44H,1-6H3/b39-37+,40-38+. The maximum atomic E-state index is 5.13. The largest absolute Gasteiger partial charge is 0.172 e. The molecule has 0 atom stereocenters. The van der Waals surface area contributed by atoms with E-state index in [9.17, 15) is 0 Å². The van der Waals surface area contributed by atoms with Crippen LogP contribution in [0.1, 0.15) is 70.8 Å². The van der Waals surface area contributed by atoms with E-state index in [1.54, 1.807) is 0 Å². The van der Waals surface area contributed by atoms with Crippen LogP contribution in [0.15, 0.2) is 206 Å². The monoisotopic (exact) mass is 1130 g/mol. The first-order valence-corrected chi connectivity index (χ1v) is 31.5. The van der Waals surface area contributed by atoms with E-state index < -0.39 is 0 Å². The van der Waals surface area contributed by atoms with E-state index in [0.717, 1.165) is 31.9 Å². The average molecular weight is 1130 g/mol. The molecule has 0 bridgehead atoms. The summed E-state index contributed by atoms with van der Waals surface area (Å²) in [5.74, 6) is 0. The van der Waals surface area contributed by atoms with Gasteiger partial charge in [-0.05, 0) is 125 Å². The van der Waals surface area contributed by atoms with Gasteiger partial charge in [0.05, 0.1) is 11.7 Å². The molecular formula is C74H56N2S5. The lowest BCUT2D eigenvalue weighted by Crippen LogP contribution is -2.07. The van der Waals surface area contributed by atoms with Gasteiger partial charge in [-0.3, -0.25) is 0 Å². The zero-order chi connectivity index (χ0) is 55.0. The first kappa shape index (κ1) is 51.3. The highest BCUT2D eigenvalue weighted by atomic mass is 32.1. The van der Waals surface area contributed by atoms with Crippen LogP contribution in [-0.2, 0) is 10.8 Å². The minimum atomic E-state index is 0.00155. The van der Waals surface area contributed by atoms with Gasteiger partial charge in [0.15, 0.2) is 0 Å². The lowest BCUT2D eigenvalue weighted by atomic mass is 9.92. The van der Waals surface area contributed by atoms with Gasteiger partial charge in [0.1, 0.15) is 11.0 Å². The van der Waals surface area contributed by atoms with E-state index in [-0.39, 0.29) is 10.8 Å². The fourth-order valence-corrected chi connectivity index (χ4v) is 16.4. The van der Waals surface area contributed by atoms with Crippen molar-refractivity contribution in [2.75, 3.05) is 0 Å². The highest BCUT2D eigenvalue weighted by molar-refractivity contribution is 7.18. The van der Waals surface area contributed by atoms with Crippen molar-refractivity contribution < 1.29 is 0 Å². The topological polar surface area (TPSA) is 25.8 Å². The van der Waals surface area contributed by atoms with Crippen molar-refractivity contribution in [2.24, 2.45) is 0 Å². The predicted octanol–water partition coefficient (Wildman–Crippen LogP) is 23.5. The van der Waals surface area contributed by atoms with Crippen molar-refractivity contribution in [3.05, 3.63) is 236 Å². The quantitative estimate of drug-likeness (QED) is 0.136. The van der Waals surface area contributed by atoms with Crippen LogP contribution in [-0.4, -0.2) is 8.75 Å². The number of rotatable bonds is 10. The molecule has 14 aromatic rings. The Bertz CT molecular complexity index is 4480. The van der Waals surface area contributed by atoms with Crippen molar-refractivity contribution in [1.29, 1.82) is 0 Å². The van der Waals surface area contributed by atoms with E-state index in [1.165, 1.54) is 129 Å². The number of hydrogen-bond donors (Lipinski definition) is 0. The van der Waals surface area contributed by atoms with E-state index in [2.05, 4.69) is 272 Å². The SMILES string of the molecule is CC(C)(C)c1cc(-c2cccc3ccccc23)c(/C=C/c2sc(-c3ccc(-c4cc(-c5cccc6ccccc56)c(/C=C/c5sc(C(C)(C)C)cc5-c5cccc6ccccc56)s4)c4nsnc34)cc2-c2cccc3ccccc23)s1. The third-order valence-electron chi connectivity index (χ3n) is 15.6.